The van der Waals surface area contributed by atoms with Crippen LogP contribution in [0, 0.1) is 0 Å². The second kappa shape index (κ2) is 14.8. The van der Waals surface area contributed by atoms with E-state index in [0.29, 0.717) is 26.2 Å². The van der Waals surface area contributed by atoms with E-state index in [1.807, 2.05) is 0 Å². The van der Waals surface area contributed by atoms with Crippen LogP contribution in [0.15, 0.2) is 0 Å². The first-order valence-corrected chi connectivity index (χ1v) is 3.93. The van der Waals surface area contributed by atoms with Gasteiger partial charge in [-0.05, 0) is 0 Å². The summed E-state index contributed by atoms with van der Waals surface area (Å²) in [6, 6.07) is -0.0185. The maximum absolute atomic E-state index is 5.22. The normalized spacial score (nSPS) is 9.23. The van der Waals surface area contributed by atoms with E-state index in [1.54, 1.807) is 0 Å². The fourth-order valence-corrected chi connectivity index (χ4v) is 0.192. The van der Waals surface area contributed by atoms with Crippen LogP contribution in [0.5, 0.6) is 0 Å². The molecule has 0 fully saturated rings. The molecule has 0 aliphatic carbocycles. The smallest absolute Gasteiger partial charge is 0.0287 e. The molecule has 0 aliphatic heterocycles. The summed E-state index contributed by atoms with van der Waals surface area (Å²) in [7, 11) is 0. The fraction of sp³-hybridized carbons (Fsp3) is 1.00. The van der Waals surface area contributed by atoms with Crippen LogP contribution in [0.1, 0.15) is 0 Å². The van der Waals surface area contributed by atoms with Crippen molar-refractivity contribution in [2.24, 2.45) is 34.4 Å². The second-order valence-electron chi connectivity index (χ2n) is 2.46. The molecule has 6 nitrogen and oxygen atoms in total. The molecule has 1 radical (unpaired) electrons. The summed E-state index contributed by atoms with van der Waals surface area (Å²) >= 11 is 0. The molecule has 0 spiro atoms. The molecule has 0 rings (SSSR count). The molecule has 0 unspecified atom stereocenters. The summed E-state index contributed by atoms with van der Waals surface area (Å²) in [4.78, 5) is 0. The molecule has 85 valence electrons. The first-order chi connectivity index (χ1) is 5.62. The Kier molecular flexibility index (Phi) is 21.5. The number of hydrogen-bond donors (Lipinski definition) is 6. The summed E-state index contributed by atoms with van der Waals surface area (Å²) in [5.74, 6) is 0. The van der Waals surface area contributed by atoms with Gasteiger partial charge in [-0.3, -0.25) is 0 Å². The molecule has 0 aliphatic rings. The standard InChI is InChI=1S/2C3H11N3.Co/c2*4-1-3(6)2-5;/h2*3H,1-2,4-6H2;. The average molecular weight is 237 g/mol. The van der Waals surface area contributed by atoms with Gasteiger partial charge in [-0.2, -0.15) is 0 Å². The van der Waals surface area contributed by atoms with Gasteiger partial charge in [-0.25, -0.2) is 0 Å². The van der Waals surface area contributed by atoms with Crippen molar-refractivity contribution in [1.82, 2.24) is 0 Å². The van der Waals surface area contributed by atoms with Crippen molar-refractivity contribution in [1.29, 1.82) is 0 Å². The van der Waals surface area contributed by atoms with Crippen LogP contribution < -0.4 is 34.4 Å². The SMILES string of the molecule is NCC(N)CN.NCC(N)CN.[Co]. The molecule has 0 amide bonds. The van der Waals surface area contributed by atoms with Crippen LogP contribution in [-0.2, 0) is 16.8 Å². The van der Waals surface area contributed by atoms with Gasteiger partial charge in [0.25, 0.3) is 0 Å². The first-order valence-electron chi connectivity index (χ1n) is 3.93. The number of nitrogens with two attached hydrogens (primary N) is 6. The Hall–Kier alpha value is 0.266. The third kappa shape index (κ3) is 18.9. The fourth-order valence-electron chi connectivity index (χ4n) is 0.192. The van der Waals surface area contributed by atoms with Crippen molar-refractivity contribution in [3.05, 3.63) is 0 Å². The average Bonchev–Trinajstić information content (AvgIpc) is 2.16. The zero-order valence-electron chi connectivity index (χ0n) is 7.78. The Morgan fingerprint density at radius 3 is 0.769 bits per heavy atom. The molecule has 0 heterocycles. The topological polar surface area (TPSA) is 156 Å². The minimum atomic E-state index is -0.00926. The Labute approximate surface area is 89.9 Å². The van der Waals surface area contributed by atoms with Crippen molar-refractivity contribution in [3.8, 4) is 0 Å². The van der Waals surface area contributed by atoms with Crippen LogP contribution in [0.4, 0.5) is 0 Å². The zero-order valence-corrected chi connectivity index (χ0v) is 8.82. The van der Waals surface area contributed by atoms with Gasteiger partial charge in [0.05, 0.1) is 0 Å². The summed E-state index contributed by atoms with van der Waals surface area (Å²) < 4.78 is 0. The van der Waals surface area contributed by atoms with Crippen molar-refractivity contribution in [2.45, 2.75) is 12.1 Å². The van der Waals surface area contributed by atoms with Crippen molar-refractivity contribution < 1.29 is 16.8 Å². The second-order valence-corrected chi connectivity index (χ2v) is 2.46. The van der Waals surface area contributed by atoms with Crippen molar-refractivity contribution in [3.63, 3.8) is 0 Å². The van der Waals surface area contributed by atoms with E-state index in [1.165, 1.54) is 0 Å². The predicted molar refractivity (Wildman–Crippen MR) is 52.2 cm³/mol. The zero-order chi connectivity index (χ0) is 9.98. The van der Waals surface area contributed by atoms with Gasteiger partial charge in [-0.15, -0.1) is 0 Å². The van der Waals surface area contributed by atoms with E-state index in [9.17, 15) is 0 Å². The molecule has 0 aromatic rings. The van der Waals surface area contributed by atoms with Gasteiger partial charge in [0.15, 0.2) is 0 Å². The van der Waals surface area contributed by atoms with Gasteiger partial charge < -0.3 is 34.4 Å². The summed E-state index contributed by atoms with van der Waals surface area (Å²) in [5, 5.41) is 0. The van der Waals surface area contributed by atoms with Crippen LogP contribution in [0.25, 0.3) is 0 Å². The molecule has 13 heavy (non-hydrogen) atoms. The van der Waals surface area contributed by atoms with E-state index in [4.69, 9.17) is 34.4 Å². The molecule has 0 aromatic heterocycles. The molecule has 0 saturated carbocycles. The van der Waals surface area contributed by atoms with E-state index in [0.717, 1.165) is 0 Å². The van der Waals surface area contributed by atoms with Gasteiger partial charge in [0.1, 0.15) is 0 Å². The minimum Gasteiger partial charge on any atom is -0.329 e. The molecule has 0 aromatic carbocycles. The number of hydrogen-bond acceptors (Lipinski definition) is 6. The maximum atomic E-state index is 5.22. The summed E-state index contributed by atoms with van der Waals surface area (Å²) in [6.07, 6.45) is 0. The van der Waals surface area contributed by atoms with Gasteiger partial charge >= 0.3 is 0 Å². The molecule has 0 bridgehead atoms. The predicted octanol–water partition coefficient (Wildman–Crippen LogP) is -3.54. The third-order valence-electron chi connectivity index (χ3n) is 1.21. The van der Waals surface area contributed by atoms with Crippen molar-refractivity contribution >= 4 is 0 Å². The van der Waals surface area contributed by atoms with Crippen LogP contribution in [0.2, 0.25) is 0 Å². The molecule has 0 saturated heterocycles. The van der Waals surface area contributed by atoms with E-state index < -0.39 is 0 Å². The van der Waals surface area contributed by atoms with Gasteiger partial charge in [0.2, 0.25) is 0 Å². The largest absolute Gasteiger partial charge is 0.329 e. The monoisotopic (exact) mass is 237 g/mol. The number of rotatable bonds is 4. The van der Waals surface area contributed by atoms with Gasteiger partial charge in [-0.1, -0.05) is 0 Å². The Bertz CT molecular complexity index is 65.5. The molecule has 7 heteroatoms. The molecule has 0 atom stereocenters. The quantitative estimate of drug-likeness (QED) is 0.297. The summed E-state index contributed by atoms with van der Waals surface area (Å²) in [6.45, 7) is 1.93. The van der Waals surface area contributed by atoms with Crippen LogP contribution in [-0.4, -0.2) is 38.3 Å². The Balaban J connectivity index is -0.000000143. The maximum Gasteiger partial charge on any atom is 0.0287 e. The minimum absolute atomic E-state index is 0. The van der Waals surface area contributed by atoms with E-state index in [2.05, 4.69) is 0 Å². The first kappa shape index (κ1) is 18.9. The van der Waals surface area contributed by atoms with Crippen molar-refractivity contribution in [2.75, 3.05) is 26.2 Å². The Morgan fingerprint density at radius 2 is 0.769 bits per heavy atom. The molecular weight excluding hydrogens is 215 g/mol. The van der Waals surface area contributed by atoms with E-state index >= 15 is 0 Å². The van der Waals surface area contributed by atoms with Crippen LogP contribution >= 0.6 is 0 Å². The van der Waals surface area contributed by atoms with E-state index in [-0.39, 0.29) is 28.9 Å². The summed E-state index contributed by atoms with van der Waals surface area (Å²) in [5.41, 5.74) is 30.8. The molecule has 12 N–H and O–H groups in total. The van der Waals surface area contributed by atoms with Crippen LogP contribution in [0.3, 0.4) is 0 Å². The Morgan fingerprint density at radius 1 is 0.615 bits per heavy atom. The third-order valence-corrected chi connectivity index (χ3v) is 1.21. The molecular formula is C6H22CoN6. The van der Waals surface area contributed by atoms with Gasteiger partial charge in [0, 0.05) is 55.0 Å².